The number of amides is 1. The van der Waals surface area contributed by atoms with Crippen LogP contribution in [0.15, 0.2) is 0 Å². The maximum atomic E-state index is 12.5. The van der Waals surface area contributed by atoms with E-state index in [-0.39, 0.29) is 23.5 Å². The first-order valence-electron chi connectivity index (χ1n) is 7.09. The number of rotatable bonds is 1. The first-order chi connectivity index (χ1) is 8.41. The van der Waals surface area contributed by atoms with Crippen molar-refractivity contribution < 1.29 is 9.53 Å². The minimum Gasteiger partial charge on any atom is -0.374 e. The molecule has 2 N–H and O–H groups in total. The summed E-state index contributed by atoms with van der Waals surface area (Å²) in [6, 6.07) is -0.161. The molecule has 1 saturated carbocycles. The topological polar surface area (TPSA) is 55.6 Å². The van der Waals surface area contributed by atoms with E-state index in [1.165, 1.54) is 12.8 Å². The van der Waals surface area contributed by atoms with Gasteiger partial charge in [0.05, 0.1) is 24.8 Å². The minimum atomic E-state index is -0.418. The molecule has 0 aromatic rings. The number of carbonyl (C=O) groups excluding carboxylic acids is 1. The van der Waals surface area contributed by atoms with E-state index in [0.717, 1.165) is 12.8 Å². The average Bonchev–Trinajstić information content (AvgIpc) is 2.35. The fourth-order valence-electron chi connectivity index (χ4n) is 2.92. The molecule has 0 unspecified atom stereocenters. The summed E-state index contributed by atoms with van der Waals surface area (Å²) >= 11 is 0. The molecular formula is C14H26N2O2. The number of fused-ring (bicyclic) bond motifs is 1. The molecule has 1 aliphatic carbocycles. The van der Waals surface area contributed by atoms with Crippen LogP contribution in [0.2, 0.25) is 0 Å². The lowest BCUT2D eigenvalue weighted by Crippen LogP contribution is -2.60. The lowest BCUT2D eigenvalue weighted by molar-refractivity contribution is -0.153. The number of morpholine rings is 1. The van der Waals surface area contributed by atoms with Crippen LogP contribution in [0.1, 0.15) is 46.5 Å². The van der Waals surface area contributed by atoms with Crippen molar-refractivity contribution in [2.24, 2.45) is 11.1 Å². The summed E-state index contributed by atoms with van der Waals surface area (Å²) in [5.41, 5.74) is 5.93. The van der Waals surface area contributed by atoms with Crippen molar-refractivity contribution in [1.29, 1.82) is 0 Å². The second-order valence-electron chi connectivity index (χ2n) is 6.64. The molecule has 0 spiro atoms. The van der Waals surface area contributed by atoms with Gasteiger partial charge in [-0.15, -0.1) is 0 Å². The van der Waals surface area contributed by atoms with Crippen LogP contribution in [0.3, 0.4) is 0 Å². The molecule has 1 aliphatic heterocycles. The van der Waals surface area contributed by atoms with Crippen LogP contribution in [0.5, 0.6) is 0 Å². The Kier molecular flexibility index (Phi) is 3.97. The van der Waals surface area contributed by atoms with E-state index in [1.54, 1.807) is 0 Å². The molecule has 104 valence electrons. The predicted octanol–water partition coefficient (Wildman–Crippen LogP) is 1.53. The standard InChI is InChI=1S/C14H26N2O2/c1-14(2,3)12(15)13(17)16-8-9-18-11-7-5-4-6-10(11)16/h10-12H,4-9,15H2,1-3H3/t10-,11+,12-/m1/s1. The van der Waals surface area contributed by atoms with Crippen LogP contribution in [-0.4, -0.2) is 42.1 Å². The third-order valence-electron chi connectivity index (χ3n) is 4.21. The van der Waals surface area contributed by atoms with E-state index in [2.05, 4.69) is 0 Å². The summed E-state index contributed by atoms with van der Waals surface area (Å²) in [6.07, 6.45) is 4.80. The second kappa shape index (κ2) is 5.17. The zero-order valence-electron chi connectivity index (χ0n) is 11.8. The van der Waals surface area contributed by atoms with Gasteiger partial charge in [0.2, 0.25) is 5.91 Å². The van der Waals surface area contributed by atoms with Crippen LogP contribution in [0, 0.1) is 5.41 Å². The highest BCUT2D eigenvalue weighted by atomic mass is 16.5. The van der Waals surface area contributed by atoms with Crippen molar-refractivity contribution in [3.05, 3.63) is 0 Å². The molecule has 4 heteroatoms. The van der Waals surface area contributed by atoms with Crippen molar-refractivity contribution in [3.8, 4) is 0 Å². The van der Waals surface area contributed by atoms with Crippen molar-refractivity contribution >= 4 is 5.91 Å². The largest absolute Gasteiger partial charge is 0.374 e. The monoisotopic (exact) mass is 254 g/mol. The molecule has 3 atom stereocenters. The highest BCUT2D eigenvalue weighted by Gasteiger charge is 2.40. The van der Waals surface area contributed by atoms with Crippen molar-refractivity contribution in [2.75, 3.05) is 13.2 Å². The van der Waals surface area contributed by atoms with Gasteiger partial charge in [0.15, 0.2) is 0 Å². The molecule has 1 amide bonds. The maximum absolute atomic E-state index is 12.5. The average molecular weight is 254 g/mol. The highest BCUT2D eigenvalue weighted by molar-refractivity contribution is 5.83. The third kappa shape index (κ3) is 2.69. The fraction of sp³-hybridized carbons (Fsp3) is 0.929. The molecule has 4 nitrogen and oxygen atoms in total. The molecular weight excluding hydrogens is 228 g/mol. The van der Waals surface area contributed by atoms with Gasteiger partial charge < -0.3 is 15.4 Å². The Hall–Kier alpha value is -0.610. The van der Waals surface area contributed by atoms with Crippen LogP contribution in [-0.2, 0) is 9.53 Å². The third-order valence-corrected chi connectivity index (χ3v) is 4.21. The molecule has 1 heterocycles. The Labute approximate surface area is 110 Å². The molecule has 18 heavy (non-hydrogen) atoms. The lowest BCUT2D eigenvalue weighted by Gasteiger charge is -2.45. The molecule has 2 fully saturated rings. The molecule has 0 bridgehead atoms. The van der Waals surface area contributed by atoms with Gasteiger partial charge in [-0.1, -0.05) is 33.6 Å². The summed E-state index contributed by atoms with van der Waals surface area (Å²) < 4.78 is 5.79. The Balaban J connectivity index is 2.09. The number of hydrogen-bond acceptors (Lipinski definition) is 3. The summed E-state index contributed by atoms with van der Waals surface area (Å²) in [7, 11) is 0. The fourth-order valence-corrected chi connectivity index (χ4v) is 2.92. The molecule has 2 rings (SSSR count). The van der Waals surface area contributed by atoms with Gasteiger partial charge >= 0.3 is 0 Å². The number of nitrogens with zero attached hydrogens (tertiary/aromatic N) is 1. The number of carbonyl (C=O) groups is 1. The maximum Gasteiger partial charge on any atom is 0.240 e. The number of ether oxygens (including phenoxy) is 1. The van der Waals surface area contributed by atoms with Gasteiger partial charge in [-0.2, -0.15) is 0 Å². The van der Waals surface area contributed by atoms with Gasteiger partial charge in [-0.25, -0.2) is 0 Å². The normalized spacial score (nSPS) is 30.8. The van der Waals surface area contributed by atoms with E-state index in [1.807, 2.05) is 25.7 Å². The number of nitrogens with two attached hydrogens (primary N) is 1. The van der Waals surface area contributed by atoms with Crippen molar-refractivity contribution in [2.45, 2.75) is 64.6 Å². The summed E-state index contributed by atoms with van der Waals surface area (Å²) in [6.45, 7) is 7.42. The van der Waals surface area contributed by atoms with E-state index < -0.39 is 6.04 Å². The SMILES string of the molecule is CC(C)(C)[C@H](N)C(=O)N1CCO[C@H]2CCCC[C@H]21. The quantitative estimate of drug-likeness (QED) is 0.772. The predicted molar refractivity (Wildman–Crippen MR) is 71.1 cm³/mol. The zero-order chi connectivity index (χ0) is 13.3. The van der Waals surface area contributed by atoms with Gasteiger partial charge in [-0.05, 0) is 18.3 Å². The molecule has 2 aliphatic rings. The lowest BCUT2D eigenvalue weighted by atomic mass is 9.84. The molecule has 0 aromatic carbocycles. The molecule has 1 saturated heterocycles. The summed E-state index contributed by atoms with van der Waals surface area (Å²) in [5.74, 6) is 0.0997. The second-order valence-corrected chi connectivity index (χ2v) is 6.64. The van der Waals surface area contributed by atoms with Crippen molar-refractivity contribution in [1.82, 2.24) is 4.90 Å². The Morgan fingerprint density at radius 3 is 2.67 bits per heavy atom. The molecule has 0 radical (unpaired) electrons. The van der Waals surface area contributed by atoms with Gasteiger partial charge in [-0.3, -0.25) is 4.79 Å². The van der Waals surface area contributed by atoms with Crippen LogP contribution in [0.25, 0.3) is 0 Å². The van der Waals surface area contributed by atoms with Crippen molar-refractivity contribution in [3.63, 3.8) is 0 Å². The van der Waals surface area contributed by atoms with Crippen LogP contribution in [0.4, 0.5) is 0 Å². The van der Waals surface area contributed by atoms with Gasteiger partial charge in [0.1, 0.15) is 0 Å². The Morgan fingerprint density at radius 2 is 2.00 bits per heavy atom. The summed E-state index contributed by atoms with van der Waals surface area (Å²) in [4.78, 5) is 14.5. The van der Waals surface area contributed by atoms with Crippen LogP contribution >= 0.6 is 0 Å². The number of hydrogen-bond donors (Lipinski definition) is 1. The zero-order valence-corrected chi connectivity index (χ0v) is 11.8. The van der Waals surface area contributed by atoms with Gasteiger partial charge in [0, 0.05) is 6.54 Å². The Morgan fingerprint density at radius 1 is 1.33 bits per heavy atom. The summed E-state index contributed by atoms with van der Waals surface area (Å²) in [5, 5.41) is 0. The minimum absolute atomic E-state index is 0.0997. The van der Waals surface area contributed by atoms with E-state index in [9.17, 15) is 4.79 Å². The molecule has 0 aromatic heterocycles. The highest BCUT2D eigenvalue weighted by Crippen LogP contribution is 2.30. The smallest absolute Gasteiger partial charge is 0.240 e. The van der Waals surface area contributed by atoms with Gasteiger partial charge in [0.25, 0.3) is 0 Å². The van der Waals surface area contributed by atoms with Crippen LogP contribution < -0.4 is 5.73 Å². The van der Waals surface area contributed by atoms with E-state index in [0.29, 0.717) is 13.2 Å². The van der Waals surface area contributed by atoms with E-state index in [4.69, 9.17) is 10.5 Å². The first-order valence-corrected chi connectivity index (χ1v) is 7.09. The van der Waals surface area contributed by atoms with E-state index >= 15 is 0 Å². The first kappa shape index (κ1) is 13.8. The Bertz CT molecular complexity index is 309.